The van der Waals surface area contributed by atoms with Gasteiger partial charge in [-0.25, -0.2) is 0 Å². The first-order valence-electron chi connectivity index (χ1n) is 7.42. The molecule has 0 bridgehead atoms. The van der Waals surface area contributed by atoms with Gasteiger partial charge in [0.1, 0.15) is 11.9 Å². The highest BCUT2D eigenvalue weighted by atomic mass is 127. The predicted molar refractivity (Wildman–Crippen MR) is 108 cm³/mol. The zero-order valence-corrected chi connectivity index (χ0v) is 16.8. The van der Waals surface area contributed by atoms with Crippen molar-refractivity contribution in [3.63, 3.8) is 0 Å². The van der Waals surface area contributed by atoms with Crippen LogP contribution >= 0.6 is 30.3 Å². The van der Waals surface area contributed by atoms with Gasteiger partial charge < -0.3 is 16.4 Å². The molecular weight excluding hydrogens is 455 g/mol. The number of fused-ring (bicyclic) bond motifs is 1. The molecule has 3 rings (SSSR count). The molecule has 3 aromatic rings. The van der Waals surface area contributed by atoms with Crippen LogP contribution in [0.5, 0.6) is 0 Å². The largest absolute Gasteiger partial charge is 0.383 e. The Morgan fingerprint density at radius 2 is 2.20 bits per heavy atom. The monoisotopic (exact) mass is 472 g/mol. The van der Waals surface area contributed by atoms with Crippen molar-refractivity contribution in [2.75, 3.05) is 18.1 Å². The number of likely N-dealkylation sites (N-methyl/N-ethyl adjacent to an activating group) is 1. The molecule has 132 valence electrons. The summed E-state index contributed by atoms with van der Waals surface area (Å²) in [5.41, 5.74) is 8.22. The van der Waals surface area contributed by atoms with E-state index >= 15 is 0 Å². The number of nitrogen functional groups attached to an aromatic ring is 1. The summed E-state index contributed by atoms with van der Waals surface area (Å²) in [4.78, 5) is 20.6. The molecule has 25 heavy (non-hydrogen) atoms. The van der Waals surface area contributed by atoms with Crippen molar-refractivity contribution >= 4 is 64.7 Å². The summed E-state index contributed by atoms with van der Waals surface area (Å²) in [6.07, 6.45) is 3.65. The number of aromatic nitrogens is 5. The van der Waals surface area contributed by atoms with Crippen molar-refractivity contribution in [1.29, 1.82) is 0 Å². The molecule has 9 nitrogen and oxygen atoms in total. The van der Waals surface area contributed by atoms with Gasteiger partial charge in [-0.15, -0.1) is 0 Å². The molecule has 1 unspecified atom stereocenters. The highest BCUT2D eigenvalue weighted by Gasteiger charge is 2.17. The van der Waals surface area contributed by atoms with Crippen LogP contribution in [0.4, 0.5) is 17.5 Å². The number of anilines is 3. The fraction of sp³-hybridized carbons (Fsp3) is 0.286. The summed E-state index contributed by atoms with van der Waals surface area (Å²) in [5, 5.41) is 10.9. The van der Waals surface area contributed by atoms with Gasteiger partial charge in [0.15, 0.2) is 5.65 Å². The minimum Gasteiger partial charge on any atom is -0.383 e. The van der Waals surface area contributed by atoms with Gasteiger partial charge in [-0.2, -0.15) is 15.1 Å². The lowest BCUT2D eigenvalue weighted by Crippen LogP contribution is -2.28. The second-order valence-corrected chi connectivity index (χ2v) is 7.12. The second kappa shape index (κ2) is 7.07. The maximum Gasteiger partial charge on any atom is 0.244 e. The molecule has 1 atom stereocenters. The van der Waals surface area contributed by atoms with E-state index in [-0.39, 0.29) is 5.91 Å². The summed E-state index contributed by atoms with van der Waals surface area (Å²) in [6.45, 7) is 3.63. The van der Waals surface area contributed by atoms with Gasteiger partial charge in [-0.1, -0.05) is 0 Å². The Labute approximate surface area is 160 Å². The number of hydrogen-bond donors (Lipinski definition) is 3. The number of nitrogens with zero attached hydrogens (tertiary/aromatic N) is 5. The first-order valence-corrected chi connectivity index (χ1v) is 10.7. The van der Waals surface area contributed by atoms with E-state index in [9.17, 15) is 4.79 Å². The maximum atomic E-state index is 11.8. The standard InChI is InChI=1S/C14H17IN8OS/c1-7-10(6-22(21-7)8(2)13(24)17-3)18-14-19-11(16)9-4-5-23(25-15)12(9)20-14/h4-6,8H,1-3H3,(H,17,24)(H3,16,18,19,20). The van der Waals surface area contributed by atoms with Crippen LogP contribution in [-0.4, -0.2) is 36.7 Å². The minimum atomic E-state index is -0.416. The number of nitrogens with two attached hydrogens (primary N) is 1. The lowest BCUT2D eigenvalue weighted by Gasteiger charge is -2.09. The second-order valence-electron chi connectivity index (χ2n) is 5.40. The van der Waals surface area contributed by atoms with Crippen LogP contribution < -0.4 is 16.4 Å². The van der Waals surface area contributed by atoms with E-state index in [1.807, 2.05) is 23.2 Å². The lowest BCUT2D eigenvalue weighted by atomic mass is 10.3. The van der Waals surface area contributed by atoms with Crippen LogP contribution in [0.25, 0.3) is 11.0 Å². The third kappa shape index (κ3) is 3.38. The molecular formula is C14H17IN8OS. The van der Waals surface area contributed by atoms with Crippen LogP contribution in [0, 0.1) is 6.92 Å². The van der Waals surface area contributed by atoms with Crippen molar-refractivity contribution in [2.45, 2.75) is 19.9 Å². The molecule has 0 saturated carbocycles. The SMILES string of the molecule is CNC(=O)C(C)n1cc(Nc2nc(N)c3ccn(SI)c3n2)c(C)n1. The molecule has 11 heteroatoms. The number of nitrogens with one attached hydrogen (secondary N) is 2. The van der Waals surface area contributed by atoms with Crippen LogP contribution in [-0.2, 0) is 4.79 Å². The smallest absolute Gasteiger partial charge is 0.244 e. The molecule has 0 radical (unpaired) electrons. The van der Waals surface area contributed by atoms with E-state index in [0.29, 0.717) is 11.8 Å². The third-order valence-electron chi connectivity index (χ3n) is 3.80. The Balaban J connectivity index is 1.93. The van der Waals surface area contributed by atoms with Crippen molar-refractivity contribution in [1.82, 2.24) is 29.0 Å². The highest BCUT2D eigenvalue weighted by molar-refractivity contribution is 14.2. The molecule has 0 aromatic carbocycles. The molecule has 0 aliphatic carbocycles. The average Bonchev–Trinajstić information content (AvgIpc) is 3.17. The third-order valence-corrected chi connectivity index (χ3v) is 5.52. The number of carbonyl (C=O) groups is 1. The van der Waals surface area contributed by atoms with Crippen LogP contribution in [0.1, 0.15) is 18.7 Å². The van der Waals surface area contributed by atoms with Crippen molar-refractivity contribution in [3.8, 4) is 0 Å². The van der Waals surface area contributed by atoms with E-state index in [1.165, 1.54) is 9.12 Å². The zero-order chi connectivity index (χ0) is 18.1. The molecule has 3 aromatic heterocycles. The molecule has 0 aliphatic rings. The van der Waals surface area contributed by atoms with E-state index in [1.54, 1.807) is 24.9 Å². The number of amides is 1. The van der Waals surface area contributed by atoms with E-state index in [4.69, 9.17) is 5.73 Å². The summed E-state index contributed by atoms with van der Waals surface area (Å²) in [5.74, 6) is 0.666. The highest BCUT2D eigenvalue weighted by Crippen LogP contribution is 2.28. The van der Waals surface area contributed by atoms with Gasteiger partial charge in [-0.3, -0.25) is 13.4 Å². The van der Waals surface area contributed by atoms with Gasteiger partial charge in [0.25, 0.3) is 0 Å². The molecule has 0 aliphatic heterocycles. The number of rotatable bonds is 5. The maximum absolute atomic E-state index is 11.8. The molecule has 0 saturated heterocycles. The van der Waals surface area contributed by atoms with Gasteiger partial charge >= 0.3 is 0 Å². The van der Waals surface area contributed by atoms with Gasteiger partial charge in [0.2, 0.25) is 11.9 Å². The van der Waals surface area contributed by atoms with Gasteiger partial charge in [-0.05, 0) is 19.9 Å². The lowest BCUT2D eigenvalue weighted by molar-refractivity contribution is -0.123. The first kappa shape index (κ1) is 17.8. The van der Waals surface area contributed by atoms with Crippen LogP contribution in [0.15, 0.2) is 18.5 Å². The van der Waals surface area contributed by atoms with E-state index in [2.05, 4.69) is 46.9 Å². The molecule has 0 spiro atoms. The average molecular weight is 472 g/mol. The summed E-state index contributed by atoms with van der Waals surface area (Å²) < 4.78 is 3.50. The van der Waals surface area contributed by atoms with Crippen LogP contribution in [0.3, 0.4) is 0 Å². The van der Waals surface area contributed by atoms with Gasteiger partial charge in [0.05, 0.1) is 16.8 Å². The Kier molecular flexibility index (Phi) is 5.03. The zero-order valence-electron chi connectivity index (χ0n) is 13.8. The Hall–Kier alpha value is -2.02. The topological polar surface area (TPSA) is 116 Å². The normalized spacial score (nSPS) is 12.3. The number of carbonyl (C=O) groups excluding carboxylic acids is 1. The number of aryl methyl sites for hydroxylation is 1. The van der Waals surface area contributed by atoms with Crippen LogP contribution in [0.2, 0.25) is 0 Å². The molecule has 3 heterocycles. The van der Waals surface area contributed by atoms with Crippen molar-refractivity contribution in [2.24, 2.45) is 0 Å². The summed E-state index contributed by atoms with van der Waals surface area (Å²) >= 11 is 2.18. The Bertz CT molecular complexity index is 936. The first-order chi connectivity index (χ1) is 11.9. The number of halogens is 1. The van der Waals surface area contributed by atoms with E-state index < -0.39 is 6.04 Å². The fourth-order valence-electron chi connectivity index (χ4n) is 2.38. The van der Waals surface area contributed by atoms with Crippen molar-refractivity contribution < 1.29 is 4.79 Å². The molecule has 0 fully saturated rings. The number of hydrogen-bond acceptors (Lipinski definition) is 7. The minimum absolute atomic E-state index is 0.118. The molecule has 1 amide bonds. The van der Waals surface area contributed by atoms with Crippen molar-refractivity contribution in [3.05, 3.63) is 24.2 Å². The quantitative estimate of drug-likeness (QED) is 0.489. The summed E-state index contributed by atoms with van der Waals surface area (Å²) in [7, 11) is 3.10. The summed E-state index contributed by atoms with van der Waals surface area (Å²) in [6, 6.07) is 1.47. The predicted octanol–water partition coefficient (Wildman–Crippen LogP) is 2.42. The Morgan fingerprint density at radius 3 is 2.88 bits per heavy atom. The molecule has 4 N–H and O–H groups in total. The van der Waals surface area contributed by atoms with E-state index in [0.717, 1.165) is 22.4 Å². The van der Waals surface area contributed by atoms with Gasteiger partial charge in [0, 0.05) is 49.8 Å². The fourth-order valence-corrected chi connectivity index (χ4v) is 3.64. The Morgan fingerprint density at radius 1 is 1.44 bits per heavy atom.